The second kappa shape index (κ2) is 8.59. The highest BCUT2D eigenvalue weighted by Gasteiger charge is 2.27. The summed E-state index contributed by atoms with van der Waals surface area (Å²) in [6.45, 7) is 3.20. The van der Waals surface area contributed by atoms with Crippen LogP contribution >= 0.6 is 0 Å². The number of nitrogens with two attached hydrogens (primary N) is 1. The van der Waals surface area contributed by atoms with Gasteiger partial charge in [0.25, 0.3) is 5.91 Å². The first-order valence-corrected chi connectivity index (χ1v) is 9.83. The first-order chi connectivity index (χ1) is 14.5. The molecule has 1 aliphatic rings. The van der Waals surface area contributed by atoms with Crippen LogP contribution in [0.4, 0.5) is 10.2 Å². The largest absolute Gasteiger partial charge is 0.384 e. The SMILES string of the molecule is Cc1cc(Cc2ccccc2F)cc(C2CN(C(=O)c3ccc(N)nc3)CCO2)n1. The minimum Gasteiger partial charge on any atom is -0.384 e. The number of nitrogen functional groups attached to an aromatic ring is 1. The normalized spacial score (nSPS) is 16.5. The molecular formula is C23H23FN4O2. The fourth-order valence-electron chi connectivity index (χ4n) is 3.62. The molecule has 0 saturated carbocycles. The van der Waals surface area contributed by atoms with E-state index in [1.54, 1.807) is 29.2 Å². The van der Waals surface area contributed by atoms with Crippen LogP contribution in [0.15, 0.2) is 54.7 Å². The number of amides is 1. The van der Waals surface area contributed by atoms with Crippen molar-refractivity contribution in [1.82, 2.24) is 14.9 Å². The third-order valence-electron chi connectivity index (χ3n) is 5.10. The van der Waals surface area contributed by atoms with Crippen LogP contribution in [0.1, 0.15) is 39.0 Å². The number of benzene rings is 1. The number of carbonyl (C=O) groups excluding carboxylic acids is 1. The van der Waals surface area contributed by atoms with Crippen molar-refractivity contribution in [2.45, 2.75) is 19.4 Å². The van der Waals surface area contributed by atoms with Crippen molar-refractivity contribution < 1.29 is 13.9 Å². The second-order valence-corrected chi connectivity index (χ2v) is 7.39. The van der Waals surface area contributed by atoms with Crippen molar-refractivity contribution in [3.8, 4) is 0 Å². The fourth-order valence-corrected chi connectivity index (χ4v) is 3.62. The molecule has 1 unspecified atom stereocenters. The third-order valence-corrected chi connectivity index (χ3v) is 5.10. The van der Waals surface area contributed by atoms with Gasteiger partial charge in [-0.2, -0.15) is 0 Å². The van der Waals surface area contributed by atoms with Gasteiger partial charge >= 0.3 is 0 Å². The molecule has 0 radical (unpaired) electrons. The van der Waals surface area contributed by atoms with E-state index in [4.69, 9.17) is 10.5 Å². The van der Waals surface area contributed by atoms with Crippen LogP contribution in [0.25, 0.3) is 0 Å². The molecule has 1 amide bonds. The highest BCUT2D eigenvalue weighted by atomic mass is 19.1. The molecule has 0 spiro atoms. The number of anilines is 1. The number of aromatic nitrogens is 2. The molecule has 1 saturated heterocycles. The molecule has 2 aromatic heterocycles. The third kappa shape index (κ3) is 4.46. The first kappa shape index (κ1) is 20.0. The van der Waals surface area contributed by atoms with E-state index in [2.05, 4.69) is 9.97 Å². The number of nitrogens with zero attached hydrogens (tertiary/aromatic N) is 3. The Labute approximate surface area is 174 Å². The number of hydrogen-bond donors (Lipinski definition) is 1. The van der Waals surface area contributed by atoms with Crippen molar-refractivity contribution in [1.29, 1.82) is 0 Å². The van der Waals surface area contributed by atoms with Crippen LogP contribution in [-0.2, 0) is 11.2 Å². The first-order valence-electron chi connectivity index (χ1n) is 9.83. The number of pyridine rings is 2. The lowest BCUT2D eigenvalue weighted by Crippen LogP contribution is -2.42. The molecule has 3 aromatic rings. The average molecular weight is 406 g/mol. The van der Waals surface area contributed by atoms with Gasteiger partial charge in [0.05, 0.1) is 24.4 Å². The molecule has 1 atom stereocenters. The Balaban J connectivity index is 1.53. The fraction of sp³-hybridized carbons (Fsp3) is 0.261. The minimum absolute atomic E-state index is 0.116. The van der Waals surface area contributed by atoms with E-state index in [1.165, 1.54) is 12.3 Å². The Kier molecular flexibility index (Phi) is 5.72. The van der Waals surface area contributed by atoms with E-state index in [0.29, 0.717) is 43.1 Å². The van der Waals surface area contributed by atoms with E-state index in [0.717, 1.165) is 17.0 Å². The van der Waals surface area contributed by atoms with Crippen LogP contribution in [0.2, 0.25) is 0 Å². The topological polar surface area (TPSA) is 81.3 Å². The summed E-state index contributed by atoms with van der Waals surface area (Å²) in [5.74, 6) is 0.0316. The molecule has 30 heavy (non-hydrogen) atoms. The quantitative estimate of drug-likeness (QED) is 0.719. The highest BCUT2D eigenvalue weighted by molar-refractivity contribution is 5.94. The molecule has 1 aromatic carbocycles. The van der Waals surface area contributed by atoms with Gasteiger partial charge in [-0.3, -0.25) is 9.78 Å². The molecule has 6 nitrogen and oxygen atoms in total. The number of ether oxygens (including phenoxy) is 1. The summed E-state index contributed by atoms with van der Waals surface area (Å²) < 4.78 is 20.0. The van der Waals surface area contributed by atoms with Gasteiger partial charge in [0.15, 0.2) is 0 Å². The summed E-state index contributed by atoms with van der Waals surface area (Å²) in [5.41, 5.74) is 9.26. The van der Waals surface area contributed by atoms with E-state index in [1.807, 2.05) is 25.1 Å². The van der Waals surface area contributed by atoms with E-state index in [9.17, 15) is 9.18 Å². The minimum atomic E-state index is -0.344. The number of aryl methyl sites for hydroxylation is 1. The van der Waals surface area contributed by atoms with Gasteiger partial charge in [-0.25, -0.2) is 9.37 Å². The zero-order valence-electron chi connectivity index (χ0n) is 16.7. The van der Waals surface area contributed by atoms with Crippen molar-refractivity contribution in [3.05, 3.63) is 88.6 Å². The predicted octanol–water partition coefficient (Wildman–Crippen LogP) is 3.31. The van der Waals surface area contributed by atoms with Crippen LogP contribution in [0.5, 0.6) is 0 Å². The maximum Gasteiger partial charge on any atom is 0.255 e. The Morgan fingerprint density at radius 3 is 2.87 bits per heavy atom. The molecular weight excluding hydrogens is 383 g/mol. The van der Waals surface area contributed by atoms with Gasteiger partial charge in [-0.05, 0) is 48.4 Å². The lowest BCUT2D eigenvalue weighted by Gasteiger charge is -2.33. The summed E-state index contributed by atoms with van der Waals surface area (Å²) in [7, 11) is 0. The molecule has 0 bridgehead atoms. The zero-order valence-corrected chi connectivity index (χ0v) is 16.7. The van der Waals surface area contributed by atoms with Crippen LogP contribution in [0, 0.1) is 12.7 Å². The maximum atomic E-state index is 14.1. The van der Waals surface area contributed by atoms with Gasteiger partial charge in [0.2, 0.25) is 0 Å². The Hall–Kier alpha value is -3.32. The summed E-state index contributed by atoms with van der Waals surface area (Å²) >= 11 is 0. The maximum absolute atomic E-state index is 14.1. The molecule has 7 heteroatoms. The standard InChI is InChI=1S/C23H23FN4O2/c1-15-10-16(11-17-4-2-3-5-19(17)24)12-20(27-15)21-14-28(8-9-30-21)23(29)18-6-7-22(25)26-13-18/h2-7,10,12-13,21H,8-9,11,14H2,1H3,(H2,25,26). The molecule has 4 rings (SSSR count). The van der Waals surface area contributed by atoms with Crippen molar-refractivity contribution in [2.24, 2.45) is 0 Å². The average Bonchev–Trinajstić information content (AvgIpc) is 2.75. The van der Waals surface area contributed by atoms with E-state index in [-0.39, 0.29) is 17.8 Å². The Morgan fingerprint density at radius 1 is 1.27 bits per heavy atom. The van der Waals surface area contributed by atoms with Crippen LogP contribution in [0.3, 0.4) is 0 Å². The Morgan fingerprint density at radius 2 is 2.10 bits per heavy atom. The molecule has 154 valence electrons. The lowest BCUT2D eigenvalue weighted by atomic mass is 10.0. The number of halogens is 1. The van der Waals surface area contributed by atoms with Gasteiger partial charge in [0, 0.05) is 24.9 Å². The van der Waals surface area contributed by atoms with Gasteiger partial charge in [0.1, 0.15) is 17.7 Å². The van der Waals surface area contributed by atoms with Crippen LogP contribution < -0.4 is 5.73 Å². The summed E-state index contributed by atoms with van der Waals surface area (Å²) in [6.07, 6.45) is 1.61. The van der Waals surface area contributed by atoms with Crippen molar-refractivity contribution in [3.63, 3.8) is 0 Å². The van der Waals surface area contributed by atoms with Gasteiger partial charge < -0.3 is 15.4 Å². The van der Waals surface area contributed by atoms with E-state index < -0.39 is 0 Å². The van der Waals surface area contributed by atoms with Crippen molar-refractivity contribution >= 4 is 11.7 Å². The number of morpholine rings is 1. The van der Waals surface area contributed by atoms with E-state index >= 15 is 0 Å². The molecule has 3 heterocycles. The second-order valence-electron chi connectivity index (χ2n) is 7.39. The van der Waals surface area contributed by atoms with Gasteiger partial charge in [-0.1, -0.05) is 18.2 Å². The molecule has 2 N–H and O–H groups in total. The number of rotatable bonds is 4. The van der Waals surface area contributed by atoms with Crippen molar-refractivity contribution in [2.75, 3.05) is 25.4 Å². The molecule has 0 aliphatic carbocycles. The summed E-state index contributed by atoms with van der Waals surface area (Å²) in [5, 5.41) is 0. The zero-order chi connectivity index (χ0) is 21.1. The highest BCUT2D eigenvalue weighted by Crippen LogP contribution is 2.24. The monoisotopic (exact) mass is 406 g/mol. The number of hydrogen-bond acceptors (Lipinski definition) is 5. The molecule has 1 aliphatic heterocycles. The smallest absolute Gasteiger partial charge is 0.255 e. The predicted molar refractivity (Wildman–Crippen MR) is 111 cm³/mol. The lowest BCUT2D eigenvalue weighted by molar-refractivity contribution is -0.0248. The summed E-state index contributed by atoms with van der Waals surface area (Å²) in [4.78, 5) is 23.2. The Bertz CT molecular complexity index is 1060. The number of carbonyl (C=O) groups is 1. The van der Waals surface area contributed by atoms with Gasteiger partial charge in [-0.15, -0.1) is 0 Å². The summed E-state index contributed by atoms with van der Waals surface area (Å²) in [6, 6.07) is 13.9. The molecule has 1 fully saturated rings. The van der Waals surface area contributed by atoms with Crippen LogP contribution in [-0.4, -0.2) is 40.5 Å².